The van der Waals surface area contributed by atoms with Crippen LogP contribution in [0.25, 0.3) is 6.08 Å². The van der Waals surface area contributed by atoms with Crippen molar-refractivity contribution in [1.29, 1.82) is 0 Å². The van der Waals surface area contributed by atoms with Crippen molar-refractivity contribution in [1.82, 2.24) is 15.2 Å². The minimum atomic E-state index is -0.149. The Morgan fingerprint density at radius 2 is 2.09 bits per heavy atom. The lowest BCUT2D eigenvalue weighted by Gasteiger charge is -2.20. The number of pyridine rings is 1. The highest BCUT2D eigenvalue weighted by molar-refractivity contribution is 5.93. The molecule has 0 atom stereocenters. The molecule has 1 aliphatic rings. The molecule has 3 rings (SSSR count). The Morgan fingerprint density at radius 3 is 2.82 bits per heavy atom. The topological polar surface area (TPSA) is 92.8 Å². The maximum Gasteiger partial charge on any atom is 0.246 e. The van der Waals surface area contributed by atoms with Crippen molar-refractivity contribution in [3.63, 3.8) is 0 Å². The molecule has 8 nitrogen and oxygen atoms in total. The molecule has 0 spiro atoms. The van der Waals surface area contributed by atoms with Gasteiger partial charge in [-0.25, -0.2) is 4.98 Å². The Kier molecular flexibility index (Phi) is 9.69. The van der Waals surface area contributed by atoms with Crippen LogP contribution in [0.4, 0.5) is 5.82 Å². The fourth-order valence-corrected chi connectivity index (χ4v) is 3.24. The van der Waals surface area contributed by atoms with Gasteiger partial charge in [-0.15, -0.1) is 12.4 Å². The maximum absolute atomic E-state index is 12.7. The molecule has 2 amide bonds. The molecular formula is C24H31ClN4O4. The van der Waals surface area contributed by atoms with Gasteiger partial charge in [0, 0.05) is 43.5 Å². The van der Waals surface area contributed by atoms with Gasteiger partial charge in [-0.1, -0.05) is 26.0 Å². The summed E-state index contributed by atoms with van der Waals surface area (Å²) < 4.78 is 11.4. The third kappa shape index (κ3) is 7.20. The zero-order chi connectivity index (χ0) is 23.1. The lowest BCUT2D eigenvalue weighted by atomic mass is 10.1. The highest BCUT2D eigenvalue weighted by Crippen LogP contribution is 2.32. The Balaban J connectivity index is 0.00000385. The number of nitrogens with one attached hydrogen (secondary N) is 2. The SMILES string of the molecule is COc1cccc(CN(C)C(=O)/C=C/c2cnc3c(c2)CNCC(=O)N3)c1OCC(C)C.Cl. The zero-order valence-corrected chi connectivity index (χ0v) is 20.2. The summed E-state index contributed by atoms with van der Waals surface area (Å²) in [5.41, 5.74) is 2.54. The van der Waals surface area contributed by atoms with E-state index >= 15 is 0 Å². The summed E-state index contributed by atoms with van der Waals surface area (Å²) in [7, 11) is 3.35. The van der Waals surface area contributed by atoms with Crippen molar-refractivity contribution in [2.24, 2.45) is 5.92 Å². The van der Waals surface area contributed by atoms with Gasteiger partial charge in [-0.05, 0) is 29.7 Å². The van der Waals surface area contributed by atoms with Crippen molar-refractivity contribution in [3.05, 3.63) is 53.2 Å². The number of hydrogen-bond donors (Lipinski definition) is 2. The summed E-state index contributed by atoms with van der Waals surface area (Å²) in [6, 6.07) is 7.58. The number of ether oxygens (including phenoxy) is 2. The summed E-state index contributed by atoms with van der Waals surface area (Å²) in [6.45, 7) is 5.88. The van der Waals surface area contributed by atoms with E-state index in [1.54, 1.807) is 31.3 Å². The third-order valence-corrected chi connectivity index (χ3v) is 4.89. The molecular weight excluding hydrogens is 444 g/mol. The molecule has 9 heteroatoms. The molecule has 0 aliphatic carbocycles. The smallest absolute Gasteiger partial charge is 0.246 e. The number of amides is 2. The first-order valence-electron chi connectivity index (χ1n) is 10.6. The first-order valence-corrected chi connectivity index (χ1v) is 10.6. The Hall–Kier alpha value is -3.10. The molecule has 2 N–H and O–H groups in total. The van der Waals surface area contributed by atoms with Crippen LogP contribution >= 0.6 is 12.4 Å². The molecule has 0 fully saturated rings. The Bertz CT molecular complexity index is 1010. The highest BCUT2D eigenvalue weighted by Gasteiger charge is 2.16. The minimum Gasteiger partial charge on any atom is -0.493 e. The zero-order valence-electron chi connectivity index (χ0n) is 19.4. The molecule has 33 heavy (non-hydrogen) atoms. The number of rotatable bonds is 8. The number of aromatic nitrogens is 1. The van der Waals surface area contributed by atoms with Crippen molar-refractivity contribution in [2.75, 3.05) is 32.6 Å². The molecule has 1 aromatic heterocycles. The number of halogens is 1. The lowest BCUT2D eigenvalue weighted by molar-refractivity contribution is -0.125. The average molecular weight is 475 g/mol. The van der Waals surface area contributed by atoms with E-state index in [9.17, 15) is 9.59 Å². The number of carbonyl (C=O) groups is 2. The largest absolute Gasteiger partial charge is 0.493 e. The molecule has 1 aromatic carbocycles. The Morgan fingerprint density at radius 1 is 1.30 bits per heavy atom. The number of hydrogen-bond acceptors (Lipinski definition) is 6. The van der Waals surface area contributed by atoms with Gasteiger partial charge in [0.05, 0.1) is 20.3 Å². The molecule has 0 radical (unpaired) electrons. The van der Waals surface area contributed by atoms with Gasteiger partial charge in [-0.2, -0.15) is 0 Å². The third-order valence-electron chi connectivity index (χ3n) is 4.89. The summed E-state index contributed by atoms with van der Waals surface area (Å²) in [6.07, 6.45) is 4.87. The second-order valence-electron chi connectivity index (χ2n) is 8.11. The number of nitrogens with zero attached hydrogens (tertiary/aromatic N) is 2. The number of carbonyl (C=O) groups excluding carboxylic acids is 2. The van der Waals surface area contributed by atoms with E-state index in [1.807, 2.05) is 24.3 Å². The summed E-state index contributed by atoms with van der Waals surface area (Å²) >= 11 is 0. The number of likely N-dealkylation sites (N-methyl/N-ethyl adjacent to an activating group) is 1. The van der Waals surface area contributed by atoms with Gasteiger partial charge < -0.3 is 25.0 Å². The van der Waals surface area contributed by atoms with Crippen molar-refractivity contribution < 1.29 is 19.1 Å². The predicted molar refractivity (Wildman–Crippen MR) is 131 cm³/mol. The maximum atomic E-state index is 12.7. The summed E-state index contributed by atoms with van der Waals surface area (Å²) in [4.78, 5) is 30.3. The van der Waals surface area contributed by atoms with Crippen molar-refractivity contribution in [3.8, 4) is 11.5 Å². The highest BCUT2D eigenvalue weighted by atomic mass is 35.5. The van der Waals surface area contributed by atoms with E-state index in [2.05, 4.69) is 29.5 Å². The van der Waals surface area contributed by atoms with Crippen LogP contribution in [0.1, 0.15) is 30.5 Å². The van der Waals surface area contributed by atoms with Crippen LogP contribution in [-0.2, 0) is 22.7 Å². The van der Waals surface area contributed by atoms with E-state index in [4.69, 9.17) is 9.47 Å². The first kappa shape index (κ1) is 26.2. The Labute approximate surface area is 200 Å². The van der Waals surface area contributed by atoms with Crippen LogP contribution in [0.5, 0.6) is 11.5 Å². The fourth-order valence-electron chi connectivity index (χ4n) is 3.24. The van der Waals surface area contributed by atoms with Gasteiger partial charge in [0.1, 0.15) is 5.82 Å². The number of fused-ring (bicyclic) bond motifs is 1. The number of para-hydroxylation sites is 1. The van der Waals surface area contributed by atoms with Gasteiger partial charge >= 0.3 is 0 Å². The second-order valence-corrected chi connectivity index (χ2v) is 8.11. The van der Waals surface area contributed by atoms with Crippen LogP contribution in [0.3, 0.4) is 0 Å². The molecule has 0 bridgehead atoms. The van der Waals surface area contributed by atoms with Crippen LogP contribution in [0.15, 0.2) is 36.5 Å². The summed E-state index contributed by atoms with van der Waals surface area (Å²) in [5, 5.41) is 5.81. The van der Waals surface area contributed by atoms with Crippen LogP contribution < -0.4 is 20.1 Å². The van der Waals surface area contributed by atoms with Crippen molar-refractivity contribution >= 4 is 36.1 Å². The number of benzene rings is 1. The monoisotopic (exact) mass is 474 g/mol. The standard InChI is InChI=1S/C24H30N4O4.ClH/c1-16(2)15-32-23-18(6-5-7-20(23)31-4)14-28(3)22(30)9-8-17-10-19-12-25-13-21(29)27-24(19)26-11-17;/h5-11,16,25H,12-15H2,1-4H3,(H,26,27,29);1H/b9-8+;. The van der Waals surface area contributed by atoms with Crippen molar-refractivity contribution in [2.45, 2.75) is 26.9 Å². The second kappa shape index (κ2) is 12.2. The number of anilines is 1. The first-order chi connectivity index (χ1) is 15.4. The van der Waals surface area contributed by atoms with Gasteiger partial charge in [-0.3, -0.25) is 9.59 Å². The molecule has 178 valence electrons. The molecule has 2 heterocycles. The van der Waals surface area contributed by atoms with Gasteiger partial charge in [0.25, 0.3) is 0 Å². The molecule has 2 aromatic rings. The van der Waals surface area contributed by atoms with Gasteiger partial charge in [0.2, 0.25) is 11.8 Å². The molecule has 0 saturated carbocycles. The van der Waals surface area contributed by atoms with Gasteiger partial charge in [0.15, 0.2) is 11.5 Å². The van der Waals surface area contributed by atoms with E-state index in [1.165, 1.54) is 6.08 Å². The van der Waals surface area contributed by atoms with E-state index in [-0.39, 0.29) is 30.8 Å². The van der Waals surface area contributed by atoms with E-state index in [0.717, 1.165) is 16.7 Å². The van der Waals surface area contributed by atoms with Crippen LogP contribution in [0, 0.1) is 5.92 Å². The van der Waals surface area contributed by atoms with Crippen LogP contribution in [-0.4, -0.2) is 49.0 Å². The fraction of sp³-hybridized carbons (Fsp3) is 0.375. The minimum absolute atomic E-state index is 0. The normalized spacial score (nSPS) is 13.1. The number of methoxy groups -OCH3 is 1. The molecule has 0 saturated heterocycles. The average Bonchev–Trinajstić information content (AvgIpc) is 2.96. The molecule has 1 aliphatic heterocycles. The quantitative estimate of drug-likeness (QED) is 0.570. The van der Waals surface area contributed by atoms with E-state index < -0.39 is 0 Å². The van der Waals surface area contributed by atoms with E-state index in [0.29, 0.717) is 42.9 Å². The summed E-state index contributed by atoms with van der Waals surface area (Å²) in [5.74, 6) is 1.96. The predicted octanol–water partition coefficient (Wildman–Crippen LogP) is 3.26. The lowest BCUT2D eigenvalue weighted by Crippen LogP contribution is -2.24. The van der Waals surface area contributed by atoms with Crippen LogP contribution in [0.2, 0.25) is 0 Å². The molecule has 0 unspecified atom stereocenters.